The minimum absolute atomic E-state index is 0.227. The normalized spacial score (nSPS) is 22.2. The van der Waals surface area contributed by atoms with Crippen molar-refractivity contribution < 1.29 is 14.3 Å². The van der Waals surface area contributed by atoms with Crippen LogP contribution in [-0.4, -0.2) is 55.6 Å². The second kappa shape index (κ2) is 6.56. The molecule has 0 bridgehead atoms. The van der Waals surface area contributed by atoms with Gasteiger partial charge in [-0.2, -0.15) is 0 Å². The maximum Gasteiger partial charge on any atom is 0.332 e. The smallest absolute Gasteiger partial charge is 0.332 e. The lowest BCUT2D eigenvalue weighted by Crippen LogP contribution is -2.49. The number of nitrogens with zero attached hydrogens (tertiary/aromatic N) is 1. The molecule has 17 heavy (non-hydrogen) atoms. The molecule has 2 unspecified atom stereocenters. The minimum atomic E-state index is -1.22. The first kappa shape index (κ1) is 13.9. The van der Waals surface area contributed by atoms with Gasteiger partial charge < -0.3 is 20.7 Å². The van der Waals surface area contributed by atoms with E-state index in [1.54, 1.807) is 6.92 Å². The van der Waals surface area contributed by atoms with Crippen molar-refractivity contribution >= 4 is 11.9 Å². The number of ether oxygens (including phenoxy) is 1. The van der Waals surface area contributed by atoms with E-state index in [0.29, 0.717) is 12.6 Å². The van der Waals surface area contributed by atoms with E-state index in [1.165, 1.54) is 0 Å². The Bertz CT molecular complexity index is 283. The molecule has 98 valence electrons. The van der Waals surface area contributed by atoms with Crippen LogP contribution in [0.4, 0.5) is 0 Å². The average Bonchev–Trinajstić information content (AvgIpc) is 2.71. The zero-order valence-electron chi connectivity index (χ0n) is 10.4. The van der Waals surface area contributed by atoms with Gasteiger partial charge in [0, 0.05) is 12.6 Å². The zero-order valence-corrected chi connectivity index (χ0v) is 10.4. The number of hydrogen-bond donors (Lipinski definition) is 2. The molecule has 0 aromatic heterocycles. The van der Waals surface area contributed by atoms with Gasteiger partial charge in [0.25, 0.3) is 0 Å². The molecule has 0 aliphatic carbocycles. The van der Waals surface area contributed by atoms with Gasteiger partial charge in [0.15, 0.2) is 6.04 Å². The van der Waals surface area contributed by atoms with E-state index in [0.717, 1.165) is 19.4 Å². The number of likely N-dealkylation sites (tertiary alicyclic amines) is 1. The number of hydrogen-bond acceptors (Lipinski definition) is 5. The average molecular weight is 243 g/mol. The van der Waals surface area contributed by atoms with Crippen LogP contribution in [0.25, 0.3) is 0 Å². The highest BCUT2D eigenvalue weighted by Gasteiger charge is 2.26. The summed E-state index contributed by atoms with van der Waals surface area (Å²) in [5.74, 6) is -1.14. The van der Waals surface area contributed by atoms with Crippen molar-refractivity contribution in [2.75, 3.05) is 26.7 Å². The predicted octanol–water partition coefficient (Wildman–Crippen LogP) is -0.913. The van der Waals surface area contributed by atoms with E-state index in [4.69, 9.17) is 5.73 Å². The first-order chi connectivity index (χ1) is 8.06. The summed E-state index contributed by atoms with van der Waals surface area (Å²) in [4.78, 5) is 25.0. The van der Waals surface area contributed by atoms with Crippen LogP contribution < -0.4 is 11.1 Å². The molecule has 1 aliphatic heterocycles. The van der Waals surface area contributed by atoms with Crippen LogP contribution in [-0.2, 0) is 14.3 Å². The van der Waals surface area contributed by atoms with Crippen LogP contribution >= 0.6 is 0 Å². The van der Waals surface area contributed by atoms with Crippen LogP contribution in [0.2, 0.25) is 0 Å². The van der Waals surface area contributed by atoms with E-state index in [1.807, 2.05) is 7.05 Å². The third-order valence-corrected chi connectivity index (χ3v) is 3.01. The van der Waals surface area contributed by atoms with Gasteiger partial charge in [0.1, 0.15) is 0 Å². The highest BCUT2D eigenvalue weighted by atomic mass is 16.5. The van der Waals surface area contributed by atoms with Crippen molar-refractivity contribution in [2.24, 2.45) is 5.73 Å². The molecule has 1 saturated heterocycles. The van der Waals surface area contributed by atoms with Crippen molar-refractivity contribution in [3.63, 3.8) is 0 Å². The highest BCUT2D eigenvalue weighted by Crippen LogP contribution is 2.13. The first-order valence-electron chi connectivity index (χ1n) is 5.96. The topological polar surface area (TPSA) is 84.7 Å². The van der Waals surface area contributed by atoms with Gasteiger partial charge in [0.05, 0.1) is 6.61 Å². The first-order valence-corrected chi connectivity index (χ1v) is 5.96. The Morgan fingerprint density at radius 2 is 2.29 bits per heavy atom. The van der Waals surface area contributed by atoms with E-state index < -0.39 is 17.9 Å². The standard InChI is InChI=1S/C11H21N3O3/c1-3-17-11(16)9(12)10(15)13-7-8-5-4-6-14(8)2/h8-9H,3-7,12H2,1-2H3,(H,13,15). The van der Waals surface area contributed by atoms with Crippen molar-refractivity contribution in [3.8, 4) is 0 Å². The predicted molar refractivity (Wildman–Crippen MR) is 63.3 cm³/mol. The number of likely N-dealkylation sites (N-methyl/N-ethyl adjacent to an activating group) is 1. The van der Waals surface area contributed by atoms with E-state index >= 15 is 0 Å². The van der Waals surface area contributed by atoms with Gasteiger partial charge in [-0.05, 0) is 33.4 Å². The summed E-state index contributed by atoms with van der Waals surface area (Å²) < 4.78 is 4.68. The fraction of sp³-hybridized carbons (Fsp3) is 0.818. The number of nitrogens with two attached hydrogens (primary N) is 1. The molecule has 6 nitrogen and oxygen atoms in total. The van der Waals surface area contributed by atoms with E-state index in [9.17, 15) is 9.59 Å². The van der Waals surface area contributed by atoms with Crippen LogP contribution in [0.1, 0.15) is 19.8 Å². The van der Waals surface area contributed by atoms with Crippen LogP contribution in [0.15, 0.2) is 0 Å². The Labute approximate surface area is 101 Å². The quantitative estimate of drug-likeness (QED) is 0.482. The number of amides is 1. The van der Waals surface area contributed by atoms with Crippen molar-refractivity contribution in [1.29, 1.82) is 0 Å². The van der Waals surface area contributed by atoms with E-state index in [2.05, 4.69) is 15.0 Å². The number of carbonyl (C=O) groups is 2. The molecular weight excluding hydrogens is 222 g/mol. The minimum Gasteiger partial charge on any atom is -0.464 e. The van der Waals surface area contributed by atoms with Gasteiger partial charge in [-0.1, -0.05) is 0 Å². The molecule has 2 atom stereocenters. The summed E-state index contributed by atoms with van der Waals surface area (Å²) in [6.07, 6.45) is 2.20. The molecule has 1 aliphatic rings. The summed E-state index contributed by atoms with van der Waals surface area (Å²) in [5.41, 5.74) is 5.47. The van der Waals surface area contributed by atoms with Crippen molar-refractivity contribution in [1.82, 2.24) is 10.2 Å². The molecule has 1 fully saturated rings. The van der Waals surface area contributed by atoms with Gasteiger partial charge in [-0.3, -0.25) is 4.79 Å². The molecule has 0 aromatic carbocycles. The lowest BCUT2D eigenvalue weighted by atomic mass is 10.2. The van der Waals surface area contributed by atoms with Gasteiger partial charge >= 0.3 is 5.97 Å². The molecule has 0 radical (unpaired) electrons. The van der Waals surface area contributed by atoms with Crippen LogP contribution in [0.3, 0.4) is 0 Å². The zero-order chi connectivity index (χ0) is 12.8. The summed E-state index contributed by atoms with van der Waals surface area (Å²) in [6, 6.07) is -0.880. The molecule has 0 aromatic rings. The Hall–Kier alpha value is -1.14. The lowest BCUT2D eigenvalue weighted by Gasteiger charge is -2.20. The number of esters is 1. The second-order valence-electron chi connectivity index (χ2n) is 4.25. The molecule has 3 N–H and O–H groups in total. The molecule has 1 rings (SSSR count). The summed E-state index contributed by atoms with van der Waals surface area (Å²) in [5, 5.41) is 2.69. The van der Waals surface area contributed by atoms with Crippen LogP contribution in [0.5, 0.6) is 0 Å². The molecule has 1 heterocycles. The molecule has 1 amide bonds. The Kier molecular flexibility index (Phi) is 5.37. The maximum absolute atomic E-state index is 11.6. The number of rotatable bonds is 5. The fourth-order valence-electron chi connectivity index (χ4n) is 1.90. The number of nitrogens with one attached hydrogen (secondary N) is 1. The number of carbonyl (C=O) groups excluding carboxylic acids is 2. The Morgan fingerprint density at radius 1 is 1.59 bits per heavy atom. The monoisotopic (exact) mass is 243 g/mol. The maximum atomic E-state index is 11.6. The summed E-state index contributed by atoms with van der Waals surface area (Å²) >= 11 is 0. The Morgan fingerprint density at radius 3 is 2.82 bits per heavy atom. The lowest BCUT2D eigenvalue weighted by molar-refractivity contribution is -0.148. The van der Waals surface area contributed by atoms with Gasteiger partial charge in [0.2, 0.25) is 5.91 Å². The SMILES string of the molecule is CCOC(=O)C(N)C(=O)NCC1CCCN1C. The molecule has 0 saturated carbocycles. The molecule has 6 heteroatoms. The molecule has 0 spiro atoms. The third-order valence-electron chi connectivity index (χ3n) is 3.01. The second-order valence-corrected chi connectivity index (χ2v) is 4.25. The fourth-order valence-corrected chi connectivity index (χ4v) is 1.90. The Balaban J connectivity index is 2.31. The van der Waals surface area contributed by atoms with E-state index in [-0.39, 0.29) is 6.61 Å². The summed E-state index contributed by atoms with van der Waals surface area (Å²) in [6.45, 7) is 3.48. The van der Waals surface area contributed by atoms with Crippen molar-refractivity contribution in [3.05, 3.63) is 0 Å². The van der Waals surface area contributed by atoms with Crippen molar-refractivity contribution in [2.45, 2.75) is 31.8 Å². The van der Waals surface area contributed by atoms with Gasteiger partial charge in [-0.25, -0.2) is 4.79 Å². The third kappa shape index (κ3) is 3.98. The largest absolute Gasteiger partial charge is 0.464 e. The van der Waals surface area contributed by atoms with Gasteiger partial charge in [-0.15, -0.1) is 0 Å². The highest BCUT2D eigenvalue weighted by molar-refractivity contribution is 6.01. The summed E-state index contributed by atoms with van der Waals surface area (Å²) in [7, 11) is 2.02. The molecular formula is C11H21N3O3. The van der Waals surface area contributed by atoms with Crippen LogP contribution in [0, 0.1) is 0 Å².